The van der Waals surface area contributed by atoms with Gasteiger partial charge < -0.3 is 5.11 Å². The maximum absolute atomic E-state index is 12.4. The van der Waals surface area contributed by atoms with E-state index in [0.717, 1.165) is 5.56 Å². The van der Waals surface area contributed by atoms with Crippen LogP contribution in [0.3, 0.4) is 0 Å². The first-order valence-electron chi connectivity index (χ1n) is 8.05. The second-order valence-electron chi connectivity index (χ2n) is 6.46. The zero-order chi connectivity index (χ0) is 17.9. The molecule has 130 valence electrons. The van der Waals surface area contributed by atoms with Gasteiger partial charge in [-0.2, -0.15) is 0 Å². The Morgan fingerprint density at radius 2 is 1.58 bits per heavy atom. The molecule has 2 aromatic carbocycles. The molecule has 5 heteroatoms. The summed E-state index contributed by atoms with van der Waals surface area (Å²) in [6, 6.07) is 12.8. The molecular weight excluding hydrogens is 322 g/mol. The molecule has 0 radical (unpaired) electrons. The van der Waals surface area contributed by atoms with E-state index < -0.39 is 16.1 Å². The van der Waals surface area contributed by atoms with E-state index >= 15 is 0 Å². The average Bonchev–Trinajstić information content (AvgIpc) is 2.52. The number of nitrogens with one attached hydrogen (secondary N) is 1. The molecule has 0 fully saturated rings. The molecular formula is C19H25NO3S. The summed E-state index contributed by atoms with van der Waals surface area (Å²) in [5.41, 5.74) is 3.58. The van der Waals surface area contributed by atoms with Gasteiger partial charge in [-0.1, -0.05) is 55.8 Å². The van der Waals surface area contributed by atoms with E-state index in [-0.39, 0.29) is 11.4 Å². The number of sulfonamides is 1. The highest BCUT2D eigenvalue weighted by molar-refractivity contribution is 7.89. The fraction of sp³-hybridized carbons (Fsp3) is 0.368. The van der Waals surface area contributed by atoms with E-state index in [1.807, 2.05) is 37.3 Å². The molecule has 0 spiro atoms. The lowest BCUT2D eigenvalue weighted by atomic mass is 10.00. The highest BCUT2D eigenvalue weighted by Crippen LogP contribution is 2.20. The maximum atomic E-state index is 12.4. The molecule has 0 saturated carbocycles. The average molecular weight is 347 g/mol. The summed E-state index contributed by atoms with van der Waals surface area (Å²) in [5, 5.41) is 10.2. The van der Waals surface area contributed by atoms with Crippen LogP contribution in [0.4, 0.5) is 0 Å². The summed E-state index contributed by atoms with van der Waals surface area (Å²) in [7, 11) is -3.64. The van der Waals surface area contributed by atoms with Crippen molar-refractivity contribution in [1.82, 2.24) is 4.72 Å². The number of aliphatic hydroxyl groups is 1. The van der Waals surface area contributed by atoms with Gasteiger partial charge in [0, 0.05) is 6.54 Å². The van der Waals surface area contributed by atoms with Gasteiger partial charge in [-0.15, -0.1) is 0 Å². The molecule has 1 atom stereocenters. The van der Waals surface area contributed by atoms with E-state index in [0.29, 0.717) is 17.0 Å². The molecule has 4 nitrogen and oxygen atoms in total. The number of rotatable bonds is 6. The highest BCUT2D eigenvalue weighted by Gasteiger charge is 2.18. The largest absolute Gasteiger partial charge is 0.387 e. The van der Waals surface area contributed by atoms with E-state index in [9.17, 15) is 13.5 Å². The standard InChI is InChI=1S/C19H25NO3S/c1-13(2)16-6-8-17(9-7-16)18(21)12-20-24(22,23)19-10-5-14(3)11-15(19)4/h5-11,13,18,20-21H,12H2,1-4H3. The summed E-state index contributed by atoms with van der Waals surface area (Å²) in [6.07, 6.45) is -0.883. The minimum Gasteiger partial charge on any atom is -0.387 e. The summed E-state index contributed by atoms with van der Waals surface area (Å²) in [6.45, 7) is 7.83. The minimum atomic E-state index is -3.64. The van der Waals surface area contributed by atoms with Crippen molar-refractivity contribution in [2.45, 2.75) is 44.6 Å². The minimum absolute atomic E-state index is 0.0589. The van der Waals surface area contributed by atoms with Gasteiger partial charge in [0.05, 0.1) is 11.0 Å². The second kappa shape index (κ2) is 7.47. The van der Waals surface area contributed by atoms with Crippen molar-refractivity contribution in [3.63, 3.8) is 0 Å². The van der Waals surface area contributed by atoms with Crippen LogP contribution in [0.5, 0.6) is 0 Å². The Balaban J connectivity index is 2.08. The van der Waals surface area contributed by atoms with E-state index in [4.69, 9.17) is 0 Å². The predicted octanol–water partition coefficient (Wildman–Crippen LogP) is 3.44. The number of aliphatic hydroxyl groups excluding tert-OH is 1. The molecule has 0 aromatic heterocycles. The summed E-state index contributed by atoms with van der Waals surface area (Å²) in [4.78, 5) is 0.246. The molecule has 2 rings (SSSR count). The van der Waals surface area contributed by atoms with Crippen LogP contribution >= 0.6 is 0 Å². The molecule has 24 heavy (non-hydrogen) atoms. The van der Waals surface area contributed by atoms with Crippen molar-refractivity contribution in [1.29, 1.82) is 0 Å². The third kappa shape index (κ3) is 4.44. The zero-order valence-electron chi connectivity index (χ0n) is 14.6. The molecule has 0 aliphatic rings. The monoisotopic (exact) mass is 347 g/mol. The molecule has 0 saturated heterocycles. The van der Waals surface area contributed by atoms with Gasteiger partial charge >= 0.3 is 0 Å². The van der Waals surface area contributed by atoms with Gasteiger partial charge in [-0.25, -0.2) is 13.1 Å². The molecule has 0 amide bonds. The Labute approximate surface area is 144 Å². The van der Waals surface area contributed by atoms with Crippen LogP contribution in [0.1, 0.15) is 48.1 Å². The van der Waals surface area contributed by atoms with E-state index in [2.05, 4.69) is 18.6 Å². The van der Waals surface area contributed by atoms with Gasteiger partial charge in [0.2, 0.25) is 10.0 Å². The lowest BCUT2D eigenvalue weighted by Gasteiger charge is -2.15. The van der Waals surface area contributed by atoms with Crippen molar-refractivity contribution in [2.75, 3.05) is 6.54 Å². The molecule has 2 aromatic rings. The summed E-state index contributed by atoms with van der Waals surface area (Å²) in [5.74, 6) is 0.416. The quantitative estimate of drug-likeness (QED) is 0.841. The van der Waals surface area contributed by atoms with Crippen LogP contribution in [-0.4, -0.2) is 20.1 Å². The van der Waals surface area contributed by atoms with Crippen LogP contribution < -0.4 is 4.72 Å². The number of aryl methyl sites for hydroxylation is 2. The van der Waals surface area contributed by atoms with Gasteiger partial charge in [-0.3, -0.25) is 0 Å². The Kier molecular flexibility index (Phi) is 5.80. The lowest BCUT2D eigenvalue weighted by Crippen LogP contribution is -2.29. The van der Waals surface area contributed by atoms with Gasteiger partial charge in [0.15, 0.2) is 0 Å². The smallest absolute Gasteiger partial charge is 0.240 e. The van der Waals surface area contributed by atoms with Crippen LogP contribution in [0.15, 0.2) is 47.4 Å². The second-order valence-corrected chi connectivity index (χ2v) is 8.19. The topological polar surface area (TPSA) is 66.4 Å². The first-order chi connectivity index (χ1) is 11.2. The number of hydrogen-bond donors (Lipinski definition) is 2. The lowest BCUT2D eigenvalue weighted by molar-refractivity contribution is 0.182. The van der Waals surface area contributed by atoms with Crippen molar-refractivity contribution in [3.8, 4) is 0 Å². The van der Waals surface area contributed by atoms with Gasteiger partial charge in [0.25, 0.3) is 0 Å². The van der Waals surface area contributed by atoms with Crippen LogP contribution in [-0.2, 0) is 10.0 Å². The maximum Gasteiger partial charge on any atom is 0.240 e. The molecule has 0 aliphatic heterocycles. The first kappa shape index (κ1) is 18.6. The third-order valence-corrected chi connectivity index (χ3v) is 5.66. The molecule has 0 aliphatic carbocycles. The van der Waals surface area contributed by atoms with Crippen molar-refractivity contribution < 1.29 is 13.5 Å². The van der Waals surface area contributed by atoms with Crippen LogP contribution in [0.2, 0.25) is 0 Å². The number of benzene rings is 2. The summed E-state index contributed by atoms with van der Waals surface area (Å²) >= 11 is 0. The molecule has 0 bridgehead atoms. The molecule has 1 unspecified atom stereocenters. The molecule has 2 N–H and O–H groups in total. The zero-order valence-corrected chi connectivity index (χ0v) is 15.4. The Morgan fingerprint density at radius 1 is 1.00 bits per heavy atom. The highest BCUT2D eigenvalue weighted by atomic mass is 32.2. The number of hydrogen-bond acceptors (Lipinski definition) is 3. The van der Waals surface area contributed by atoms with Gasteiger partial charge in [-0.05, 0) is 42.5 Å². The predicted molar refractivity (Wildman–Crippen MR) is 96.6 cm³/mol. The van der Waals surface area contributed by atoms with E-state index in [1.165, 1.54) is 5.56 Å². The van der Waals surface area contributed by atoms with Crippen LogP contribution in [0.25, 0.3) is 0 Å². The van der Waals surface area contributed by atoms with Crippen molar-refractivity contribution >= 4 is 10.0 Å². The molecule has 0 heterocycles. The SMILES string of the molecule is Cc1ccc(S(=O)(=O)NCC(O)c2ccc(C(C)C)cc2)c(C)c1. The fourth-order valence-electron chi connectivity index (χ4n) is 2.59. The van der Waals surface area contributed by atoms with E-state index in [1.54, 1.807) is 19.1 Å². The third-order valence-electron chi connectivity index (χ3n) is 4.07. The van der Waals surface area contributed by atoms with Crippen molar-refractivity contribution in [3.05, 3.63) is 64.7 Å². The fourth-order valence-corrected chi connectivity index (χ4v) is 3.85. The Bertz CT molecular complexity index is 796. The van der Waals surface area contributed by atoms with Crippen molar-refractivity contribution in [2.24, 2.45) is 0 Å². The van der Waals surface area contributed by atoms with Gasteiger partial charge in [0.1, 0.15) is 0 Å². The normalized spacial score (nSPS) is 13.2. The Hall–Kier alpha value is -1.69. The Morgan fingerprint density at radius 3 is 2.12 bits per heavy atom. The van der Waals surface area contributed by atoms with Crippen LogP contribution in [0, 0.1) is 13.8 Å². The summed E-state index contributed by atoms with van der Waals surface area (Å²) < 4.78 is 27.3. The first-order valence-corrected chi connectivity index (χ1v) is 9.54.